The second-order valence-corrected chi connectivity index (χ2v) is 7.91. The second kappa shape index (κ2) is 8.92. The number of nitrogens with zero attached hydrogens (tertiary/aromatic N) is 1. The maximum atomic E-state index is 12.2. The Morgan fingerprint density at radius 3 is 2.50 bits per heavy atom. The van der Waals surface area contributed by atoms with Crippen molar-refractivity contribution in [3.8, 4) is 39.7 Å². The summed E-state index contributed by atoms with van der Waals surface area (Å²) >= 11 is 0. The van der Waals surface area contributed by atoms with Gasteiger partial charge in [-0.3, -0.25) is 9.42 Å². The molecule has 8 nitrogen and oxygen atoms in total. The number of benzene rings is 2. The van der Waals surface area contributed by atoms with Gasteiger partial charge in [0.1, 0.15) is 17.2 Å². The van der Waals surface area contributed by atoms with E-state index in [1.165, 1.54) is 19.4 Å². The van der Waals surface area contributed by atoms with E-state index in [0.29, 0.717) is 22.6 Å². The summed E-state index contributed by atoms with van der Waals surface area (Å²) in [5.41, 5.74) is 3.87. The number of phosphoric ester groups is 1. The van der Waals surface area contributed by atoms with Gasteiger partial charge in [-0.15, -0.1) is 0 Å². The third-order valence-electron chi connectivity index (χ3n) is 4.66. The number of hydrogen-bond donors (Lipinski definition) is 1. The fourth-order valence-corrected chi connectivity index (χ4v) is 3.83. The van der Waals surface area contributed by atoms with Crippen LogP contribution in [0.2, 0.25) is 0 Å². The number of hydrogen-bond acceptors (Lipinski definition) is 7. The number of ether oxygens (including phenoxy) is 2. The van der Waals surface area contributed by atoms with Crippen LogP contribution in [0.25, 0.3) is 22.5 Å². The Hall–Kier alpha value is -2.80. The summed E-state index contributed by atoms with van der Waals surface area (Å²) in [4.78, 5) is 9.99. The Morgan fingerprint density at radius 2 is 1.83 bits per heavy atom. The molecule has 0 amide bonds. The topological polar surface area (TPSA) is 100 Å². The lowest BCUT2D eigenvalue weighted by atomic mass is 9.98. The van der Waals surface area contributed by atoms with Gasteiger partial charge >= 0.3 is 7.82 Å². The van der Waals surface area contributed by atoms with Crippen LogP contribution in [0.4, 0.5) is 0 Å². The molecule has 1 heterocycles. The van der Waals surface area contributed by atoms with Crippen LogP contribution in [0.15, 0.2) is 41.1 Å². The predicted octanol–water partition coefficient (Wildman–Crippen LogP) is 5.16. The van der Waals surface area contributed by atoms with Gasteiger partial charge in [0.05, 0.1) is 32.6 Å². The normalized spacial score (nSPS) is 13.0. The molecule has 2 aromatic carbocycles. The number of phosphoric acid groups is 1. The quantitative estimate of drug-likeness (QED) is 0.487. The van der Waals surface area contributed by atoms with Crippen molar-refractivity contribution in [1.82, 2.24) is 5.16 Å². The van der Waals surface area contributed by atoms with Gasteiger partial charge in [-0.25, -0.2) is 4.57 Å². The fourth-order valence-electron chi connectivity index (χ4n) is 3.05. The maximum absolute atomic E-state index is 12.2. The van der Waals surface area contributed by atoms with Crippen LogP contribution >= 0.6 is 7.82 Å². The second-order valence-electron chi connectivity index (χ2n) is 6.53. The molecule has 0 saturated carbocycles. The third-order valence-corrected chi connectivity index (χ3v) is 5.67. The molecule has 1 unspecified atom stereocenters. The zero-order valence-corrected chi connectivity index (χ0v) is 18.4. The third kappa shape index (κ3) is 4.51. The number of aryl methyl sites for hydroxylation is 1. The van der Waals surface area contributed by atoms with Crippen LogP contribution < -0.4 is 14.0 Å². The maximum Gasteiger partial charge on any atom is 0.527 e. The Bertz CT molecular complexity index is 1090. The zero-order valence-electron chi connectivity index (χ0n) is 17.5. The van der Waals surface area contributed by atoms with E-state index in [1.807, 2.05) is 26.0 Å². The lowest BCUT2D eigenvalue weighted by Gasteiger charge is -2.16. The molecule has 1 atom stereocenters. The molecular weight excluding hydrogens is 409 g/mol. The summed E-state index contributed by atoms with van der Waals surface area (Å²) in [5, 5.41) is 3.93. The van der Waals surface area contributed by atoms with Gasteiger partial charge in [0.15, 0.2) is 5.76 Å². The van der Waals surface area contributed by atoms with E-state index in [2.05, 4.69) is 5.16 Å². The molecule has 0 aliphatic heterocycles. The van der Waals surface area contributed by atoms with Gasteiger partial charge in [-0.2, -0.15) is 0 Å². The van der Waals surface area contributed by atoms with Crippen LogP contribution in [0.5, 0.6) is 17.2 Å². The summed E-state index contributed by atoms with van der Waals surface area (Å²) < 4.78 is 38.6. The highest BCUT2D eigenvalue weighted by Crippen LogP contribution is 2.49. The highest BCUT2D eigenvalue weighted by Gasteiger charge is 2.26. The molecule has 9 heteroatoms. The zero-order chi connectivity index (χ0) is 21.9. The van der Waals surface area contributed by atoms with Gasteiger partial charge in [0.25, 0.3) is 0 Å². The van der Waals surface area contributed by atoms with Gasteiger partial charge in [0.2, 0.25) is 0 Å². The molecule has 3 aromatic rings. The first-order valence-corrected chi connectivity index (χ1v) is 10.7. The van der Waals surface area contributed by atoms with Crippen molar-refractivity contribution < 1.29 is 32.5 Å². The van der Waals surface area contributed by atoms with Crippen LogP contribution in [0, 0.1) is 13.8 Å². The first-order valence-electron chi connectivity index (χ1n) is 9.25. The fraction of sp³-hybridized carbons (Fsp3) is 0.286. The summed E-state index contributed by atoms with van der Waals surface area (Å²) in [6, 6.07) is 8.74. The highest BCUT2D eigenvalue weighted by molar-refractivity contribution is 7.47. The molecular formula is C21H24NO7P. The van der Waals surface area contributed by atoms with E-state index < -0.39 is 7.82 Å². The van der Waals surface area contributed by atoms with Crippen molar-refractivity contribution in [2.45, 2.75) is 20.8 Å². The van der Waals surface area contributed by atoms with Gasteiger partial charge in [0, 0.05) is 17.2 Å². The molecule has 0 radical (unpaired) electrons. The van der Waals surface area contributed by atoms with Crippen molar-refractivity contribution in [3.05, 3.63) is 47.7 Å². The lowest BCUT2D eigenvalue weighted by molar-refractivity contribution is 0.213. The summed E-state index contributed by atoms with van der Waals surface area (Å²) in [5.74, 6) is 1.75. The molecule has 0 aliphatic carbocycles. The SMILES string of the molecule is CCOP(=O)(O)Oc1cc(OC)ccc1-c1cnoc1-c1cc(C)c(C)c(OC)c1. The van der Waals surface area contributed by atoms with Crippen LogP contribution in [0.1, 0.15) is 18.1 Å². The first kappa shape index (κ1) is 21.9. The first-order chi connectivity index (χ1) is 14.3. The molecule has 1 N–H and O–H groups in total. The van der Waals surface area contributed by atoms with E-state index in [0.717, 1.165) is 22.4 Å². The Balaban J connectivity index is 2.14. The number of methoxy groups -OCH3 is 2. The molecule has 1 aromatic heterocycles. The number of rotatable bonds is 8. The Morgan fingerprint density at radius 1 is 1.07 bits per heavy atom. The van der Waals surface area contributed by atoms with Crippen molar-refractivity contribution in [3.63, 3.8) is 0 Å². The van der Waals surface area contributed by atoms with Gasteiger partial charge < -0.3 is 18.5 Å². The largest absolute Gasteiger partial charge is 0.527 e. The van der Waals surface area contributed by atoms with Crippen molar-refractivity contribution in [1.29, 1.82) is 0 Å². The minimum Gasteiger partial charge on any atom is -0.497 e. The molecule has 160 valence electrons. The lowest BCUT2D eigenvalue weighted by Crippen LogP contribution is -1.99. The van der Waals surface area contributed by atoms with E-state index >= 15 is 0 Å². The van der Waals surface area contributed by atoms with Crippen molar-refractivity contribution in [2.24, 2.45) is 0 Å². The molecule has 0 bridgehead atoms. The minimum atomic E-state index is -4.31. The van der Waals surface area contributed by atoms with E-state index in [-0.39, 0.29) is 12.4 Å². The molecule has 0 spiro atoms. The summed E-state index contributed by atoms with van der Waals surface area (Å²) in [6.45, 7) is 5.57. The van der Waals surface area contributed by atoms with Crippen molar-refractivity contribution >= 4 is 7.82 Å². The predicted molar refractivity (Wildman–Crippen MR) is 112 cm³/mol. The summed E-state index contributed by atoms with van der Waals surface area (Å²) in [7, 11) is -1.22. The van der Waals surface area contributed by atoms with Gasteiger partial charge in [-0.1, -0.05) is 5.16 Å². The molecule has 0 aliphatic rings. The van der Waals surface area contributed by atoms with E-state index in [9.17, 15) is 9.46 Å². The van der Waals surface area contributed by atoms with Crippen LogP contribution in [-0.2, 0) is 9.09 Å². The van der Waals surface area contributed by atoms with Crippen molar-refractivity contribution in [2.75, 3.05) is 20.8 Å². The monoisotopic (exact) mass is 433 g/mol. The smallest absolute Gasteiger partial charge is 0.497 e. The Labute approximate surface area is 174 Å². The Kier molecular flexibility index (Phi) is 6.51. The average molecular weight is 433 g/mol. The minimum absolute atomic E-state index is 0.0219. The molecule has 0 fully saturated rings. The number of aromatic nitrogens is 1. The van der Waals surface area contributed by atoms with Crippen LogP contribution in [0.3, 0.4) is 0 Å². The average Bonchev–Trinajstić information content (AvgIpc) is 3.19. The molecule has 30 heavy (non-hydrogen) atoms. The summed E-state index contributed by atoms with van der Waals surface area (Å²) in [6.07, 6.45) is 1.52. The molecule has 0 saturated heterocycles. The molecule has 3 rings (SSSR count). The van der Waals surface area contributed by atoms with Crippen LogP contribution in [-0.4, -0.2) is 30.9 Å². The van der Waals surface area contributed by atoms with E-state index in [1.54, 1.807) is 26.2 Å². The highest BCUT2D eigenvalue weighted by atomic mass is 31.2. The van der Waals surface area contributed by atoms with E-state index in [4.69, 9.17) is 23.0 Å². The van der Waals surface area contributed by atoms with Gasteiger partial charge in [-0.05, 0) is 56.2 Å². The standard InChI is InChI=1S/C21H24NO7P/c1-6-27-30(23,24)29-20-11-16(25-4)7-8-17(20)18-12-22-28-21(18)15-9-13(2)14(3)19(10-15)26-5/h7-12H,6H2,1-5H3,(H,23,24).